The van der Waals surface area contributed by atoms with Crippen LogP contribution in [0.3, 0.4) is 0 Å². The molecule has 1 unspecified atom stereocenters. The van der Waals surface area contributed by atoms with Crippen LogP contribution in [0, 0.1) is 23.2 Å². The van der Waals surface area contributed by atoms with Crippen molar-refractivity contribution < 1.29 is 4.79 Å². The average molecular weight is 265 g/mol. The molecule has 1 heterocycles. The molecule has 2 aliphatic carbocycles. The van der Waals surface area contributed by atoms with E-state index in [1.807, 2.05) is 0 Å². The maximum Gasteiger partial charge on any atom is 0.260 e. The summed E-state index contributed by atoms with van der Waals surface area (Å²) in [5.74, 6) is 2.84. The van der Waals surface area contributed by atoms with Gasteiger partial charge in [0.1, 0.15) is 0 Å². The zero-order chi connectivity index (χ0) is 12.9. The minimum Gasteiger partial charge on any atom is -0.271 e. The monoisotopic (exact) mass is 265 g/mol. The molecule has 100 valence electrons. The molecular formula is C15H23NOS. The third-order valence-electron chi connectivity index (χ3n) is 4.82. The quantitative estimate of drug-likeness (QED) is 0.758. The third kappa shape index (κ3) is 2.26. The molecular weight excluding hydrogens is 242 g/mol. The van der Waals surface area contributed by atoms with E-state index in [9.17, 15) is 4.79 Å². The Bertz CT molecular complexity index is 396. The highest BCUT2D eigenvalue weighted by atomic mass is 32.2. The van der Waals surface area contributed by atoms with E-state index in [1.165, 1.54) is 25.7 Å². The summed E-state index contributed by atoms with van der Waals surface area (Å²) >= 11 is 1.74. The molecule has 1 aliphatic heterocycles. The molecule has 0 spiro atoms. The van der Waals surface area contributed by atoms with Gasteiger partial charge >= 0.3 is 0 Å². The van der Waals surface area contributed by atoms with Crippen molar-refractivity contribution in [3.63, 3.8) is 0 Å². The van der Waals surface area contributed by atoms with Crippen molar-refractivity contribution in [1.82, 2.24) is 0 Å². The largest absolute Gasteiger partial charge is 0.271 e. The number of carbonyl (C=O) groups is 1. The van der Waals surface area contributed by atoms with E-state index in [1.54, 1.807) is 11.8 Å². The number of aliphatic imine (C=N–C) groups is 1. The van der Waals surface area contributed by atoms with Gasteiger partial charge in [-0.05, 0) is 48.9 Å². The number of nitrogens with zero attached hydrogens (tertiary/aromatic N) is 1. The van der Waals surface area contributed by atoms with Crippen LogP contribution in [-0.2, 0) is 4.79 Å². The minimum absolute atomic E-state index is 0.0294. The van der Waals surface area contributed by atoms with Crippen LogP contribution in [0.15, 0.2) is 4.99 Å². The van der Waals surface area contributed by atoms with Crippen LogP contribution in [0.4, 0.5) is 0 Å². The zero-order valence-electron chi connectivity index (χ0n) is 11.6. The summed E-state index contributed by atoms with van der Waals surface area (Å²) in [6.45, 7) is 6.41. The number of thioether (sulfide) groups is 1. The number of fused-ring (bicyclic) bond motifs is 2. The standard InChI is InChI=1S/C15H23NOS/c1-15(2,3)13-14(17)16-12(18-13)8-11-7-9-4-5-10(11)6-9/h9-11,13H,4-8H2,1-3H3/t9-,10+,11-,13?/m1/s1. The van der Waals surface area contributed by atoms with Crippen LogP contribution in [0.2, 0.25) is 0 Å². The first-order chi connectivity index (χ1) is 8.43. The number of carbonyl (C=O) groups excluding carboxylic acids is 1. The van der Waals surface area contributed by atoms with Gasteiger partial charge in [-0.3, -0.25) is 4.79 Å². The summed E-state index contributed by atoms with van der Waals surface area (Å²) in [5, 5.41) is 1.17. The van der Waals surface area contributed by atoms with Crippen LogP contribution in [-0.4, -0.2) is 16.2 Å². The Morgan fingerprint density at radius 2 is 2.06 bits per heavy atom. The van der Waals surface area contributed by atoms with E-state index in [0.717, 1.165) is 29.2 Å². The Kier molecular flexibility index (Phi) is 3.08. The molecule has 3 aliphatic rings. The average Bonchev–Trinajstić information content (AvgIpc) is 2.92. The molecule has 0 aromatic carbocycles. The van der Waals surface area contributed by atoms with E-state index < -0.39 is 0 Å². The first-order valence-electron chi connectivity index (χ1n) is 7.21. The van der Waals surface area contributed by atoms with Crippen LogP contribution in [0.5, 0.6) is 0 Å². The van der Waals surface area contributed by atoms with Gasteiger partial charge in [-0.25, -0.2) is 4.99 Å². The van der Waals surface area contributed by atoms with Crippen molar-refractivity contribution in [3.8, 4) is 0 Å². The molecule has 0 aromatic rings. The molecule has 3 rings (SSSR count). The van der Waals surface area contributed by atoms with Crippen molar-refractivity contribution in [2.45, 2.75) is 58.1 Å². The first kappa shape index (κ1) is 12.7. The lowest BCUT2D eigenvalue weighted by atomic mass is 9.87. The highest BCUT2D eigenvalue weighted by molar-refractivity contribution is 8.15. The van der Waals surface area contributed by atoms with Crippen LogP contribution in [0.25, 0.3) is 0 Å². The van der Waals surface area contributed by atoms with Crippen LogP contribution in [0.1, 0.15) is 52.9 Å². The summed E-state index contributed by atoms with van der Waals surface area (Å²) in [7, 11) is 0. The van der Waals surface area contributed by atoms with Gasteiger partial charge in [-0.2, -0.15) is 0 Å². The molecule has 0 aromatic heterocycles. The Morgan fingerprint density at radius 3 is 2.56 bits per heavy atom. The summed E-state index contributed by atoms with van der Waals surface area (Å²) in [6, 6.07) is 0. The fourth-order valence-corrected chi connectivity index (χ4v) is 5.12. The molecule has 2 bridgehead atoms. The number of rotatable bonds is 2. The van der Waals surface area contributed by atoms with Gasteiger partial charge in [0.2, 0.25) is 0 Å². The molecule has 2 fully saturated rings. The Balaban J connectivity index is 1.62. The van der Waals surface area contributed by atoms with Crippen molar-refractivity contribution in [3.05, 3.63) is 0 Å². The molecule has 1 amide bonds. The molecule has 0 saturated heterocycles. The predicted octanol–water partition coefficient (Wildman–Crippen LogP) is 3.90. The van der Waals surface area contributed by atoms with Gasteiger partial charge in [0.25, 0.3) is 5.91 Å². The maximum atomic E-state index is 12.0. The second-order valence-corrected chi connectivity index (χ2v) is 8.53. The van der Waals surface area contributed by atoms with Crippen molar-refractivity contribution in [2.75, 3.05) is 0 Å². The van der Waals surface area contributed by atoms with E-state index >= 15 is 0 Å². The zero-order valence-corrected chi connectivity index (χ0v) is 12.4. The van der Waals surface area contributed by atoms with E-state index in [2.05, 4.69) is 25.8 Å². The smallest absolute Gasteiger partial charge is 0.260 e. The lowest BCUT2D eigenvalue weighted by Crippen LogP contribution is -2.27. The highest BCUT2D eigenvalue weighted by Crippen LogP contribution is 2.51. The Morgan fingerprint density at radius 1 is 1.28 bits per heavy atom. The molecule has 18 heavy (non-hydrogen) atoms. The first-order valence-corrected chi connectivity index (χ1v) is 8.09. The molecule has 3 heteroatoms. The SMILES string of the molecule is CC(C)(C)C1SC(C[C@H]2C[C@@H]3CC[C@H]2C3)=NC1=O. The number of amides is 1. The maximum absolute atomic E-state index is 12.0. The topological polar surface area (TPSA) is 29.4 Å². The van der Waals surface area contributed by atoms with E-state index in [-0.39, 0.29) is 16.6 Å². The van der Waals surface area contributed by atoms with Crippen LogP contribution < -0.4 is 0 Å². The fraction of sp³-hybridized carbons (Fsp3) is 0.867. The minimum atomic E-state index is 0.0294. The van der Waals surface area contributed by atoms with Gasteiger partial charge < -0.3 is 0 Å². The van der Waals surface area contributed by atoms with Crippen molar-refractivity contribution in [1.29, 1.82) is 0 Å². The Labute approximate surface area is 114 Å². The summed E-state index contributed by atoms with van der Waals surface area (Å²) in [6.07, 6.45) is 6.77. The second-order valence-electron chi connectivity index (χ2n) is 7.35. The van der Waals surface area contributed by atoms with E-state index in [4.69, 9.17) is 0 Å². The molecule has 2 nitrogen and oxygen atoms in total. The van der Waals surface area contributed by atoms with Crippen molar-refractivity contribution >= 4 is 22.7 Å². The van der Waals surface area contributed by atoms with Gasteiger partial charge in [0, 0.05) is 0 Å². The number of hydrogen-bond donors (Lipinski definition) is 0. The second kappa shape index (κ2) is 4.36. The van der Waals surface area contributed by atoms with Gasteiger partial charge in [0.05, 0.1) is 10.3 Å². The van der Waals surface area contributed by atoms with Crippen LogP contribution >= 0.6 is 11.8 Å². The predicted molar refractivity (Wildman–Crippen MR) is 76.8 cm³/mol. The molecule has 0 radical (unpaired) electrons. The summed E-state index contributed by atoms with van der Waals surface area (Å²) < 4.78 is 0. The summed E-state index contributed by atoms with van der Waals surface area (Å²) in [5.41, 5.74) is 0.0294. The van der Waals surface area contributed by atoms with Crippen molar-refractivity contribution in [2.24, 2.45) is 28.2 Å². The van der Waals surface area contributed by atoms with E-state index in [0.29, 0.717) is 0 Å². The lowest BCUT2D eigenvalue weighted by Gasteiger charge is -2.24. The molecule has 0 N–H and O–H groups in total. The summed E-state index contributed by atoms with van der Waals surface area (Å²) in [4.78, 5) is 16.3. The fourth-order valence-electron chi connectivity index (χ4n) is 3.89. The normalized spacial score (nSPS) is 39.5. The lowest BCUT2D eigenvalue weighted by molar-refractivity contribution is -0.118. The molecule has 4 atom stereocenters. The number of hydrogen-bond acceptors (Lipinski definition) is 2. The van der Waals surface area contributed by atoms with Gasteiger partial charge in [-0.15, -0.1) is 0 Å². The molecule has 2 saturated carbocycles. The third-order valence-corrected chi connectivity index (χ3v) is 6.50. The van der Waals surface area contributed by atoms with Gasteiger partial charge in [0.15, 0.2) is 0 Å². The van der Waals surface area contributed by atoms with Gasteiger partial charge in [-0.1, -0.05) is 39.0 Å². The highest BCUT2D eigenvalue weighted by Gasteiger charge is 2.42. The Hall–Kier alpha value is -0.310.